The van der Waals surface area contributed by atoms with E-state index in [9.17, 15) is 4.79 Å². The molecule has 0 radical (unpaired) electrons. The van der Waals surface area contributed by atoms with E-state index in [2.05, 4.69) is 48.3 Å². The Morgan fingerprint density at radius 1 is 1.00 bits per heavy atom. The van der Waals surface area contributed by atoms with Gasteiger partial charge in [0.2, 0.25) is 5.91 Å². The molecule has 1 aliphatic carbocycles. The molecule has 1 fully saturated rings. The van der Waals surface area contributed by atoms with E-state index < -0.39 is 5.54 Å². The number of pyridine rings is 1. The number of nitrogens with zero attached hydrogens (tertiary/aromatic N) is 2. The number of hydrogen-bond donors (Lipinski definition) is 1. The standard InChI is InChI=1S/C28H33N3O.2ClH/c1-4-7-20-9-11-21(12-10-20)22-13-15-23(16-14-22)31(19-28(2,3)29)27(32)25-18-24(25)26-8-5-6-17-30-26;;/h5-6,8-17,24-25H,4,7,18-19,29H2,1-3H3;2*1H/t24-,25-;;/m1../s1. The van der Waals surface area contributed by atoms with E-state index >= 15 is 0 Å². The fourth-order valence-electron chi connectivity index (χ4n) is 4.28. The molecule has 1 heterocycles. The molecule has 1 aliphatic rings. The lowest BCUT2D eigenvalue weighted by Crippen LogP contribution is -2.48. The van der Waals surface area contributed by atoms with Crippen molar-refractivity contribution in [2.24, 2.45) is 11.7 Å². The average Bonchev–Trinajstić information content (AvgIpc) is 3.59. The summed E-state index contributed by atoms with van der Waals surface area (Å²) in [4.78, 5) is 19.8. The molecule has 1 aromatic heterocycles. The molecule has 4 rings (SSSR count). The summed E-state index contributed by atoms with van der Waals surface area (Å²) in [6.45, 7) is 6.59. The topological polar surface area (TPSA) is 59.2 Å². The Kier molecular flexibility index (Phi) is 9.69. The van der Waals surface area contributed by atoms with E-state index in [4.69, 9.17) is 5.73 Å². The first-order valence-electron chi connectivity index (χ1n) is 11.6. The predicted molar refractivity (Wildman–Crippen MR) is 146 cm³/mol. The van der Waals surface area contributed by atoms with Crippen molar-refractivity contribution in [3.8, 4) is 11.1 Å². The van der Waals surface area contributed by atoms with Crippen molar-refractivity contribution in [1.29, 1.82) is 0 Å². The van der Waals surface area contributed by atoms with Gasteiger partial charge in [-0.15, -0.1) is 24.8 Å². The van der Waals surface area contributed by atoms with E-state index in [1.807, 2.05) is 49.1 Å². The van der Waals surface area contributed by atoms with Gasteiger partial charge in [0.25, 0.3) is 0 Å². The van der Waals surface area contributed by atoms with Crippen LogP contribution in [-0.2, 0) is 11.2 Å². The minimum atomic E-state index is -0.487. The maximum atomic E-state index is 13.5. The smallest absolute Gasteiger partial charge is 0.230 e. The lowest BCUT2D eigenvalue weighted by Gasteiger charge is -2.30. The van der Waals surface area contributed by atoms with Crippen LogP contribution in [0, 0.1) is 5.92 Å². The van der Waals surface area contributed by atoms with Crippen LogP contribution in [0.5, 0.6) is 0 Å². The summed E-state index contributed by atoms with van der Waals surface area (Å²) in [5.74, 6) is 0.307. The first-order valence-corrected chi connectivity index (χ1v) is 11.6. The van der Waals surface area contributed by atoms with Crippen LogP contribution in [0.15, 0.2) is 72.9 Å². The Bertz CT molecular complexity index is 1050. The first-order chi connectivity index (χ1) is 15.4. The molecular formula is C28H35Cl2N3O. The molecule has 0 saturated heterocycles. The minimum Gasteiger partial charge on any atom is -0.324 e. The normalized spacial score (nSPS) is 16.7. The second kappa shape index (κ2) is 11.8. The highest BCUT2D eigenvalue weighted by Gasteiger charge is 2.47. The number of rotatable bonds is 8. The van der Waals surface area contributed by atoms with Crippen LogP contribution in [0.2, 0.25) is 0 Å². The van der Waals surface area contributed by atoms with E-state index in [-0.39, 0.29) is 42.6 Å². The Hall–Kier alpha value is -2.40. The Morgan fingerprint density at radius 2 is 1.62 bits per heavy atom. The molecule has 1 amide bonds. The van der Waals surface area contributed by atoms with Crippen LogP contribution < -0.4 is 10.6 Å². The van der Waals surface area contributed by atoms with Crippen LogP contribution in [0.1, 0.15) is 50.8 Å². The number of aryl methyl sites for hydroxylation is 1. The van der Waals surface area contributed by atoms with Crippen LogP contribution >= 0.6 is 24.8 Å². The molecule has 0 unspecified atom stereocenters. The quantitative estimate of drug-likeness (QED) is 0.388. The van der Waals surface area contributed by atoms with Gasteiger partial charge >= 0.3 is 0 Å². The lowest BCUT2D eigenvalue weighted by molar-refractivity contribution is -0.120. The van der Waals surface area contributed by atoms with Crippen molar-refractivity contribution in [3.63, 3.8) is 0 Å². The van der Waals surface area contributed by atoms with Gasteiger partial charge in [-0.05, 0) is 67.6 Å². The molecule has 34 heavy (non-hydrogen) atoms. The number of carbonyl (C=O) groups is 1. The van der Waals surface area contributed by atoms with Crippen LogP contribution in [-0.4, -0.2) is 23.0 Å². The molecule has 2 aromatic carbocycles. The maximum Gasteiger partial charge on any atom is 0.230 e. The summed E-state index contributed by atoms with van der Waals surface area (Å²) in [7, 11) is 0. The number of anilines is 1. The van der Waals surface area contributed by atoms with Gasteiger partial charge in [-0.1, -0.05) is 55.8 Å². The zero-order valence-electron chi connectivity index (χ0n) is 20.1. The van der Waals surface area contributed by atoms with E-state index in [0.29, 0.717) is 6.54 Å². The van der Waals surface area contributed by atoms with Crippen molar-refractivity contribution < 1.29 is 4.79 Å². The molecule has 0 spiro atoms. The van der Waals surface area contributed by atoms with E-state index in [0.717, 1.165) is 36.2 Å². The minimum absolute atomic E-state index is 0. The van der Waals surface area contributed by atoms with Gasteiger partial charge < -0.3 is 10.6 Å². The molecule has 2 N–H and O–H groups in total. The van der Waals surface area contributed by atoms with Gasteiger partial charge in [0.1, 0.15) is 0 Å². The molecular weight excluding hydrogens is 465 g/mol. The summed E-state index contributed by atoms with van der Waals surface area (Å²) in [5.41, 5.74) is 11.4. The molecule has 6 heteroatoms. The first kappa shape index (κ1) is 27.8. The molecule has 0 bridgehead atoms. The lowest BCUT2D eigenvalue weighted by atomic mass is 10.0. The summed E-state index contributed by atoms with van der Waals surface area (Å²) in [6.07, 6.45) is 4.90. The number of aromatic nitrogens is 1. The highest BCUT2D eigenvalue weighted by Crippen LogP contribution is 2.48. The number of hydrogen-bond acceptors (Lipinski definition) is 3. The second-order valence-electron chi connectivity index (χ2n) is 9.61. The van der Waals surface area contributed by atoms with Gasteiger partial charge in [-0.3, -0.25) is 9.78 Å². The van der Waals surface area contributed by atoms with E-state index in [1.165, 1.54) is 11.1 Å². The summed E-state index contributed by atoms with van der Waals surface area (Å²) >= 11 is 0. The van der Waals surface area contributed by atoms with Gasteiger partial charge in [0, 0.05) is 41.5 Å². The van der Waals surface area contributed by atoms with Crippen molar-refractivity contribution in [3.05, 3.63) is 84.2 Å². The predicted octanol–water partition coefficient (Wildman–Crippen LogP) is 6.42. The maximum absolute atomic E-state index is 13.5. The highest BCUT2D eigenvalue weighted by molar-refractivity contribution is 5.97. The fraction of sp³-hybridized carbons (Fsp3) is 0.357. The Labute approximate surface area is 215 Å². The Balaban J connectivity index is 0.00000204. The number of amides is 1. The monoisotopic (exact) mass is 499 g/mol. The third-order valence-corrected chi connectivity index (χ3v) is 6.01. The van der Waals surface area contributed by atoms with Gasteiger partial charge in [0.15, 0.2) is 0 Å². The van der Waals surface area contributed by atoms with Crippen molar-refractivity contribution in [1.82, 2.24) is 4.98 Å². The molecule has 182 valence electrons. The summed E-state index contributed by atoms with van der Waals surface area (Å²) < 4.78 is 0. The number of nitrogens with two attached hydrogens (primary N) is 1. The molecule has 3 aromatic rings. The largest absolute Gasteiger partial charge is 0.324 e. The fourth-order valence-corrected chi connectivity index (χ4v) is 4.28. The highest BCUT2D eigenvalue weighted by atomic mass is 35.5. The number of halogens is 2. The van der Waals surface area contributed by atoms with Crippen molar-refractivity contribution in [2.75, 3.05) is 11.4 Å². The zero-order valence-corrected chi connectivity index (χ0v) is 21.7. The molecule has 0 aliphatic heterocycles. The third-order valence-electron chi connectivity index (χ3n) is 6.01. The molecule has 1 saturated carbocycles. The van der Waals surface area contributed by atoms with Crippen LogP contribution in [0.25, 0.3) is 11.1 Å². The number of carbonyl (C=O) groups excluding carboxylic acids is 1. The van der Waals surface area contributed by atoms with E-state index in [1.54, 1.807) is 6.20 Å². The van der Waals surface area contributed by atoms with Gasteiger partial charge in [-0.2, -0.15) is 0 Å². The van der Waals surface area contributed by atoms with Crippen LogP contribution in [0.4, 0.5) is 5.69 Å². The Morgan fingerprint density at radius 3 is 2.15 bits per heavy atom. The summed E-state index contributed by atoms with van der Waals surface area (Å²) in [5, 5.41) is 0. The van der Waals surface area contributed by atoms with Gasteiger partial charge in [-0.25, -0.2) is 0 Å². The van der Waals surface area contributed by atoms with Gasteiger partial charge in [0.05, 0.1) is 0 Å². The third kappa shape index (κ3) is 6.82. The summed E-state index contributed by atoms with van der Waals surface area (Å²) in [6, 6.07) is 22.9. The molecule has 2 atom stereocenters. The van der Waals surface area contributed by atoms with Crippen LogP contribution in [0.3, 0.4) is 0 Å². The second-order valence-corrected chi connectivity index (χ2v) is 9.61. The van der Waals surface area contributed by atoms with Crippen molar-refractivity contribution >= 4 is 36.4 Å². The average molecular weight is 501 g/mol. The zero-order chi connectivity index (χ0) is 22.7. The number of benzene rings is 2. The molecule has 4 nitrogen and oxygen atoms in total. The van der Waals surface area contributed by atoms with Crippen molar-refractivity contribution in [2.45, 2.75) is 51.5 Å². The SMILES string of the molecule is CCCc1ccc(-c2ccc(N(CC(C)(C)N)C(=O)[C@@H]3C[C@H]3c3ccccn3)cc2)cc1.Cl.Cl.